The molecule has 0 radical (unpaired) electrons. The molecule has 1 saturated heterocycles. The number of sulfonamides is 1. The summed E-state index contributed by atoms with van der Waals surface area (Å²) in [5.41, 5.74) is 4.51. The second-order valence-electron chi connectivity index (χ2n) is 13.2. The van der Waals surface area contributed by atoms with E-state index in [4.69, 9.17) is 0 Å². The Morgan fingerprint density at radius 1 is 1.09 bits per heavy atom. The first-order valence-corrected chi connectivity index (χ1v) is 17.2. The van der Waals surface area contributed by atoms with Crippen LogP contribution in [0.5, 0.6) is 5.75 Å². The van der Waals surface area contributed by atoms with Crippen molar-refractivity contribution in [3.8, 4) is 5.75 Å². The molecule has 1 heterocycles. The van der Waals surface area contributed by atoms with Gasteiger partial charge < -0.3 is 15.3 Å². The summed E-state index contributed by atoms with van der Waals surface area (Å²) in [6, 6.07) is 17.6. The number of hydrogen-bond acceptors (Lipinski definition) is 5. The molecular weight excluding hydrogens is 577 g/mol. The van der Waals surface area contributed by atoms with E-state index in [1.165, 1.54) is 42.1 Å². The Bertz CT molecular complexity index is 1580. The molecule has 0 saturated carbocycles. The zero-order valence-corrected chi connectivity index (χ0v) is 27.5. The van der Waals surface area contributed by atoms with E-state index >= 15 is 4.39 Å². The van der Waals surface area contributed by atoms with Crippen LogP contribution in [0.1, 0.15) is 79.9 Å². The Balaban J connectivity index is 1.64. The summed E-state index contributed by atoms with van der Waals surface area (Å²) < 4.78 is 40.4. The molecule has 4 rings (SSSR count). The number of nitrogens with one attached hydrogen (secondary N) is 1. The fourth-order valence-corrected chi connectivity index (χ4v) is 6.20. The van der Waals surface area contributed by atoms with E-state index in [-0.39, 0.29) is 34.9 Å². The Hall–Kier alpha value is -3.59. The number of anilines is 2. The SMILES string of the molecule is CC1CCN(c2cc(C(C)(C)C)ccc2CCC(CNC(=O)c2ccccc2O)c2ccc(N(C)S(C)(=O)=O)c(F)c2)CC1. The highest BCUT2D eigenvalue weighted by Gasteiger charge is 2.24. The van der Waals surface area contributed by atoms with Crippen LogP contribution in [0.3, 0.4) is 0 Å². The molecule has 0 spiro atoms. The van der Waals surface area contributed by atoms with Crippen molar-refractivity contribution in [3.05, 3.63) is 88.7 Å². The molecule has 0 aliphatic carbocycles. The van der Waals surface area contributed by atoms with Crippen molar-refractivity contribution in [2.75, 3.05) is 42.1 Å². The average molecular weight is 624 g/mol. The second-order valence-corrected chi connectivity index (χ2v) is 15.2. The lowest BCUT2D eigenvalue weighted by Gasteiger charge is -2.35. The molecular formula is C35H46FN3O4S. The number of halogens is 1. The van der Waals surface area contributed by atoms with Crippen LogP contribution in [-0.2, 0) is 21.9 Å². The summed E-state index contributed by atoms with van der Waals surface area (Å²) in [6.07, 6.45) is 4.65. The van der Waals surface area contributed by atoms with Gasteiger partial charge in [0.1, 0.15) is 11.6 Å². The minimum atomic E-state index is -3.64. The third-order valence-corrected chi connectivity index (χ3v) is 9.97. The van der Waals surface area contributed by atoms with E-state index in [1.807, 2.05) is 0 Å². The van der Waals surface area contributed by atoms with Gasteiger partial charge in [0.25, 0.3) is 5.91 Å². The van der Waals surface area contributed by atoms with Crippen LogP contribution >= 0.6 is 0 Å². The van der Waals surface area contributed by atoms with Crippen molar-refractivity contribution in [1.82, 2.24) is 5.32 Å². The zero-order chi connectivity index (χ0) is 32.2. The fraction of sp³-hybridized carbons (Fsp3) is 0.457. The normalized spacial score (nSPS) is 15.2. The third-order valence-electron chi connectivity index (χ3n) is 8.78. The van der Waals surface area contributed by atoms with E-state index in [2.05, 4.69) is 56.1 Å². The number of rotatable bonds is 10. The zero-order valence-electron chi connectivity index (χ0n) is 26.7. The van der Waals surface area contributed by atoms with Gasteiger partial charge in [-0.15, -0.1) is 0 Å². The van der Waals surface area contributed by atoms with Crippen LogP contribution in [0.2, 0.25) is 0 Å². The number of aryl methyl sites for hydroxylation is 1. The maximum absolute atomic E-state index is 15.3. The lowest BCUT2D eigenvalue weighted by atomic mass is 9.84. The number of nitrogens with zero attached hydrogens (tertiary/aromatic N) is 2. The average Bonchev–Trinajstić information content (AvgIpc) is 2.96. The number of amides is 1. The topological polar surface area (TPSA) is 90.0 Å². The predicted molar refractivity (Wildman–Crippen MR) is 177 cm³/mol. The Kier molecular flexibility index (Phi) is 10.3. The largest absolute Gasteiger partial charge is 0.507 e. The number of para-hydroxylation sites is 1. The summed E-state index contributed by atoms with van der Waals surface area (Å²) in [7, 11) is -2.32. The summed E-state index contributed by atoms with van der Waals surface area (Å²) in [5, 5.41) is 13.1. The standard InChI is InChI=1S/C35H46FN3O4S/c1-24-17-19-39(20-18-24)32-22-28(35(2,3)4)15-13-25(32)11-12-27(23-37-34(41)29-9-7-8-10-33(29)40)26-14-16-31(30(36)21-26)38(5)44(6,42)43/h7-10,13-16,21-22,24,27,40H,11-12,17-20,23H2,1-6H3,(H,37,41). The predicted octanol–water partition coefficient (Wildman–Crippen LogP) is 6.61. The molecule has 2 N–H and O–H groups in total. The van der Waals surface area contributed by atoms with Gasteiger partial charge in [-0.1, -0.05) is 58.0 Å². The summed E-state index contributed by atoms with van der Waals surface area (Å²) in [5.74, 6) is -0.740. The van der Waals surface area contributed by atoms with E-state index in [9.17, 15) is 18.3 Å². The van der Waals surface area contributed by atoms with Crippen LogP contribution in [0.4, 0.5) is 15.8 Å². The molecule has 1 aliphatic rings. The van der Waals surface area contributed by atoms with Crippen LogP contribution in [0.25, 0.3) is 0 Å². The molecule has 0 bridgehead atoms. The molecule has 1 aliphatic heterocycles. The van der Waals surface area contributed by atoms with E-state index < -0.39 is 21.7 Å². The number of hydrogen-bond donors (Lipinski definition) is 2. The molecule has 7 nitrogen and oxygen atoms in total. The van der Waals surface area contributed by atoms with Crippen molar-refractivity contribution in [2.24, 2.45) is 5.92 Å². The Morgan fingerprint density at radius 2 is 1.77 bits per heavy atom. The Morgan fingerprint density at radius 3 is 2.39 bits per heavy atom. The summed E-state index contributed by atoms with van der Waals surface area (Å²) >= 11 is 0. The van der Waals surface area contributed by atoms with Crippen molar-refractivity contribution < 1.29 is 22.7 Å². The molecule has 3 aromatic carbocycles. The number of benzene rings is 3. The van der Waals surface area contributed by atoms with Gasteiger partial charge in [0, 0.05) is 38.3 Å². The summed E-state index contributed by atoms with van der Waals surface area (Å²) in [4.78, 5) is 15.5. The van der Waals surface area contributed by atoms with Gasteiger partial charge in [-0.25, -0.2) is 12.8 Å². The molecule has 1 amide bonds. The van der Waals surface area contributed by atoms with E-state index in [0.29, 0.717) is 24.3 Å². The highest BCUT2D eigenvalue weighted by molar-refractivity contribution is 7.92. The number of carbonyl (C=O) groups excluding carboxylic acids is 1. The smallest absolute Gasteiger partial charge is 0.255 e. The van der Waals surface area contributed by atoms with Gasteiger partial charge in [-0.3, -0.25) is 9.10 Å². The number of aromatic hydroxyl groups is 1. The highest BCUT2D eigenvalue weighted by atomic mass is 32.2. The molecule has 44 heavy (non-hydrogen) atoms. The highest BCUT2D eigenvalue weighted by Crippen LogP contribution is 2.34. The minimum Gasteiger partial charge on any atom is -0.507 e. The quantitative estimate of drug-likeness (QED) is 0.265. The minimum absolute atomic E-state index is 0.00454. The molecule has 1 fully saturated rings. The Labute approximate surface area is 262 Å². The van der Waals surface area contributed by atoms with Gasteiger partial charge in [-0.2, -0.15) is 0 Å². The first-order chi connectivity index (χ1) is 20.6. The lowest BCUT2D eigenvalue weighted by molar-refractivity contribution is 0.0948. The van der Waals surface area contributed by atoms with Gasteiger partial charge >= 0.3 is 0 Å². The van der Waals surface area contributed by atoms with Gasteiger partial charge in [-0.05, 0) is 84.0 Å². The fourth-order valence-electron chi connectivity index (χ4n) is 5.69. The lowest BCUT2D eigenvalue weighted by Crippen LogP contribution is -2.34. The number of carbonyl (C=O) groups is 1. The monoisotopic (exact) mass is 623 g/mol. The molecule has 1 unspecified atom stereocenters. The van der Waals surface area contributed by atoms with Gasteiger partial charge in [0.05, 0.1) is 17.5 Å². The summed E-state index contributed by atoms with van der Waals surface area (Å²) in [6.45, 7) is 11.2. The van der Waals surface area contributed by atoms with Crippen molar-refractivity contribution in [2.45, 2.75) is 64.7 Å². The van der Waals surface area contributed by atoms with Crippen LogP contribution in [0.15, 0.2) is 60.7 Å². The van der Waals surface area contributed by atoms with Crippen LogP contribution in [-0.4, -0.2) is 52.4 Å². The van der Waals surface area contributed by atoms with E-state index in [0.717, 1.165) is 36.5 Å². The number of phenols is 1. The van der Waals surface area contributed by atoms with Crippen molar-refractivity contribution >= 4 is 27.3 Å². The molecule has 3 aromatic rings. The van der Waals surface area contributed by atoms with Crippen molar-refractivity contribution in [3.63, 3.8) is 0 Å². The maximum Gasteiger partial charge on any atom is 0.255 e. The maximum atomic E-state index is 15.3. The number of phenolic OH excluding ortho intramolecular Hbond substituents is 1. The molecule has 1 atom stereocenters. The first kappa shape index (κ1) is 33.3. The second kappa shape index (κ2) is 13.6. The molecule has 238 valence electrons. The van der Waals surface area contributed by atoms with E-state index in [1.54, 1.807) is 24.3 Å². The molecule has 9 heteroatoms. The first-order valence-electron chi connectivity index (χ1n) is 15.3. The van der Waals surface area contributed by atoms with Gasteiger partial charge in [0.2, 0.25) is 10.0 Å². The third kappa shape index (κ3) is 8.11. The van der Waals surface area contributed by atoms with Crippen LogP contribution < -0.4 is 14.5 Å². The van der Waals surface area contributed by atoms with Gasteiger partial charge in [0.15, 0.2) is 0 Å². The number of piperidine rings is 1. The van der Waals surface area contributed by atoms with Crippen LogP contribution in [0, 0.1) is 11.7 Å². The van der Waals surface area contributed by atoms with Crippen molar-refractivity contribution in [1.29, 1.82) is 0 Å². The molecule has 0 aromatic heterocycles.